The van der Waals surface area contributed by atoms with E-state index in [9.17, 15) is 0 Å². The van der Waals surface area contributed by atoms with E-state index in [1.54, 1.807) is 0 Å². The first-order chi connectivity index (χ1) is 5.22. The van der Waals surface area contributed by atoms with Crippen molar-refractivity contribution in [2.75, 3.05) is 6.54 Å². The fraction of sp³-hybridized carbons (Fsp3) is 1.00. The zero-order chi connectivity index (χ0) is 8.27. The van der Waals surface area contributed by atoms with E-state index in [4.69, 9.17) is 5.73 Å². The van der Waals surface area contributed by atoms with E-state index in [-0.39, 0.29) is 0 Å². The summed E-state index contributed by atoms with van der Waals surface area (Å²) in [6, 6.07) is 0. The van der Waals surface area contributed by atoms with Crippen molar-refractivity contribution in [1.29, 1.82) is 0 Å². The van der Waals surface area contributed by atoms with Crippen LogP contribution >= 0.6 is 0 Å². The Morgan fingerprint density at radius 2 is 1.64 bits per heavy atom. The van der Waals surface area contributed by atoms with Crippen molar-refractivity contribution < 1.29 is 0 Å². The fourth-order valence-electron chi connectivity index (χ4n) is 2.59. The van der Waals surface area contributed by atoms with Crippen LogP contribution in [0.25, 0.3) is 0 Å². The molecule has 2 unspecified atom stereocenters. The maximum absolute atomic E-state index is 5.55. The maximum Gasteiger partial charge on any atom is -0.00746 e. The Morgan fingerprint density at radius 3 is 2.09 bits per heavy atom. The van der Waals surface area contributed by atoms with Gasteiger partial charge in [0.15, 0.2) is 0 Å². The molecule has 1 aliphatic rings. The molecule has 2 atom stereocenters. The monoisotopic (exact) mass is 155 g/mol. The van der Waals surface area contributed by atoms with E-state index in [2.05, 4.69) is 13.8 Å². The first-order valence-corrected chi connectivity index (χ1v) is 4.92. The predicted molar refractivity (Wildman–Crippen MR) is 49.3 cm³/mol. The van der Waals surface area contributed by atoms with Crippen LogP contribution in [0.3, 0.4) is 0 Å². The molecule has 0 bridgehead atoms. The van der Waals surface area contributed by atoms with Crippen LogP contribution in [-0.2, 0) is 0 Å². The van der Waals surface area contributed by atoms with E-state index >= 15 is 0 Å². The topological polar surface area (TPSA) is 26.0 Å². The quantitative estimate of drug-likeness (QED) is 0.651. The summed E-state index contributed by atoms with van der Waals surface area (Å²) in [7, 11) is 0. The minimum absolute atomic E-state index is 0.879. The maximum atomic E-state index is 5.55. The second-order valence-corrected chi connectivity index (χ2v) is 4.36. The van der Waals surface area contributed by atoms with Crippen molar-refractivity contribution in [3.05, 3.63) is 0 Å². The minimum atomic E-state index is 0.879. The van der Waals surface area contributed by atoms with Gasteiger partial charge in [0.25, 0.3) is 0 Å². The highest BCUT2D eigenvalue weighted by Gasteiger charge is 2.22. The fourth-order valence-corrected chi connectivity index (χ4v) is 2.59. The van der Waals surface area contributed by atoms with Crippen LogP contribution in [0, 0.1) is 17.8 Å². The van der Waals surface area contributed by atoms with Gasteiger partial charge in [-0.15, -0.1) is 0 Å². The third-order valence-electron chi connectivity index (χ3n) is 2.85. The normalized spacial score (nSPS) is 39.0. The summed E-state index contributed by atoms with van der Waals surface area (Å²) < 4.78 is 0. The number of hydrogen-bond acceptors (Lipinski definition) is 1. The first-order valence-electron chi connectivity index (χ1n) is 4.92. The number of hydrogen-bond donors (Lipinski definition) is 1. The molecule has 0 aromatic rings. The van der Waals surface area contributed by atoms with Crippen LogP contribution in [0.1, 0.15) is 39.5 Å². The standard InChI is InChI=1S/C10H21N/c1-8-5-9(2)7-10(6-8)3-4-11/h8-10H,3-7,11H2,1-2H3. The highest BCUT2D eigenvalue weighted by atomic mass is 14.5. The molecule has 0 aromatic carbocycles. The van der Waals surface area contributed by atoms with Crippen LogP contribution in [0.2, 0.25) is 0 Å². The van der Waals surface area contributed by atoms with E-state index in [1.807, 2.05) is 0 Å². The molecule has 1 nitrogen and oxygen atoms in total. The lowest BCUT2D eigenvalue weighted by atomic mass is 9.75. The summed E-state index contributed by atoms with van der Waals surface area (Å²) in [5, 5.41) is 0. The lowest BCUT2D eigenvalue weighted by molar-refractivity contribution is 0.212. The van der Waals surface area contributed by atoms with Crippen molar-refractivity contribution in [1.82, 2.24) is 0 Å². The average molecular weight is 155 g/mol. The lowest BCUT2D eigenvalue weighted by Crippen LogP contribution is -2.21. The van der Waals surface area contributed by atoms with Gasteiger partial charge in [-0.25, -0.2) is 0 Å². The van der Waals surface area contributed by atoms with Gasteiger partial charge in [-0.05, 0) is 50.0 Å². The van der Waals surface area contributed by atoms with Crippen LogP contribution < -0.4 is 5.73 Å². The van der Waals surface area contributed by atoms with Gasteiger partial charge in [-0.1, -0.05) is 13.8 Å². The molecule has 0 saturated heterocycles. The summed E-state index contributed by atoms with van der Waals surface area (Å²) in [6.45, 7) is 5.63. The molecule has 0 heterocycles. The van der Waals surface area contributed by atoms with Gasteiger partial charge in [0, 0.05) is 0 Å². The third-order valence-corrected chi connectivity index (χ3v) is 2.85. The Hall–Kier alpha value is -0.0400. The summed E-state index contributed by atoms with van der Waals surface area (Å²) in [6.07, 6.45) is 5.51. The molecule has 1 rings (SSSR count). The molecule has 1 heteroatoms. The molecule has 1 saturated carbocycles. The van der Waals surface area contributed by atoms with Gasteiger partial charge < -0.3 is 5.73 Å². The van der Waals surface area contributed by atoms with E-state index in [0.29, 0.717) is 0 Å². The Labute approximate surface area is 70.4 Å². The molecular weight excluding hydrogens is 134 g/mol. The third kappa shape index (κ3) is 2.82. The second-order valence-electron chi connectivity index (χ2n) is 4.36. The van der Waals surface area contributed by atoms with Crippen molar-refractivity contribution in [2.45, 2.75) is 39.5 Å². The Morgan fingerprint density at radius 1 is 1.09 bits per heavy atom. The van der Waals surface area contributed by atoms with Crippen molar-refractivity contribution in [2.24, 2.45) is 23.5 Å². The Kier molecular flexibility index (Phi) is 3.38. The lowest BCUT2D eigenvalue weighted by Gasteiger charge is -2.31. The predicted octanol–water partition coefficient (Wildman–Crippen LogP) is 2.41. The SMILES string of the molecule is CC1CC(C)CC(CCN)C1. The van der Waals surface area contributed by atoms with Crippen LogP contribution in [0.15, 0.2) is 0 Å². The van der Waals surface area contributed by atoms with Crippen molar-refractivity contribution in [3.8, 4) is 0 Å². The summed E-state index contributed by atoms with van der Waals surface area (Å²) in [5.74, 6) is 2.81. The average Bonchev–Trinajstić information content (AvgIpc) is 1.85. The molecular formula is C10H21N. The highest BCUT2D eigenvalue weighted by Crippen LogP contribution is 2.34. The van der Waals surface area contributed by atoms with Crippen molar-refractivity contribution in [3.63, 3.8) is 0 Å². The van der Waals surface area contributed by atoms with Gasteiger partial charge >= 0.3 is 0 Å². The zero-order valence-electron chi connectivity index (χ0n) is 7.84. The molecule has 0 amide bonds. The van der Waals surface area contributed by atoms with E-state index in [1.165, 1.54) is 25.7 Å². The Bertz CT molecular complexity index is 101. The van der Waals surface area contributed by atoms with Gasteiger partial charge in [0.1, 0.15) is 0 Å². The van der Waals surface area contributed by atoms with Crippen LogP contribution in [-0.4, -0.2) is 6.54 Å². The first kappa shape index (κ1) is 9.05. The second kappa shape index (κ2) is 4.10. The van der Waals surface area contributed by atoms with Gasteiger partial charge in [-0.2, -0.15) is 0 Å². The largest absolute Gasteiger partial charge is 0.330 e. The van der Waals surface area contributed by atoms with Gasteiger partial charge in [-0.3, -0.25) is 0 Å². The minimum Gasteiger partial charge on any atom is -0.330 e. The molecule has 0 spiro atoms. The van der Waals surface area contributed by atoms with Crippen molar-refractivity contribution >= 4 is 0 Å². The zero-order valence-corrected chi connectivity index (χ0v) is 7.84. The van der Waals surface area contributed by atoms with Gasteiger partial charge in [0.05, 0.1) is 0 Å². The summed E-state index contributed by atoms with van der Waals surface area (Å²) in [4.78, 5) is 0. The smallest absolute Gasteiger partial charge is 0.00746 e. The summed E-state index contributed by atoms with van der Waals surface area (Å²) >= 11 is 0. The van der Waals surface area contributed by atoms with Gasteiger partial charge in [0.2, 0.25) is 0 Å². The molecule has 0 aromatic heterocycles. The molecule has 1 aliphatic carbocycles. The molecule has 66 valence electrons. The van der Waals surface area contributed by atoms with Crippen LogP contribution in [0.4, 0.5) is 0 Å². The summed E-state index contributed by atoms with van der Waals surface area (Å²) in [5.41, 5.74) is 5.55. The highest BCUT2D eigenvalue weighted by molar-refractivity contribution is 4.74. The molecule has 0 aliphatic heterocycles. The molecule has 2 N–H and O–H groups in total. The van der Waals surface area contributed by atoms with E-state index < -0.39 is 0 Å². The number of rotatable bonds is 2. The Balaban J connectivity index is 2.30. The molecule has 11 heavy (non-hydrogen) atoms. The van der Waals surface area contributed by atoms with E-state index in [0.717, 1.165) is 24.3 Å². The number of nitrogens with two attached hydrogens (primary N) is 1. The molecule has 0 radical (unpaired) electrons. The molecule has 1 fully saturated rings. The van der Waals surface area contributed by atoms with Crippen LogP contribution in [0.5, 0.6) is 0 Å².